The van der Waals surface area contributed by atoms with E-state index in [1.165, 1.54) is 42.6 Å². The van der Waals surface area contributed by atoms with Crippen LogP contribution in [0.25, 0.3) is 5.57 Å². The molecule has 0 aliphatic carbocycles. The average molecular weight is 336 g/mol. The van der Waals surface area contributed by atoms with Crippen LogP contribution in [0.5, 0.6) is 0 Å². The van der Waals surface area contributed by atoms with Crippen LogP contribution in [-0.4, -0.2) is 41.2 Å². The third-order valence-corrected chi connectivity index (χ3v) is 4.79. The number of hydrogen-bond donors (Lipinski definition) is 1. The van der Waals surface area contributed by atoms with Crippen molar-refractivity contribution in [2.75, 3.05) is 26.2 Å². The van der Waals surface area contributed by atoms with Crippen LogP contribution in [0.3, 0.4) is 0 Å². The fourth-order valence-corrected chi connectivity index (χ4v) is 3.32. The number of nitrogens with zero attached hydrogens (tertiary/aromatic N) is 2. The minimum atomic E-state index is 0.210. The number of aryl methyl sites for hydroxylation is 2. The lowest BCUT2D eigenvalue weighted by atomic mass is 10.00. The summed E-state index contributed by atoms with van der Waals surface area (Å²) in [7, 11) is 0. The van der Waals surface area contributed by atoms with Gasteiger partial charge in [0.05, 0.1) is 5.69 Å². The summed E-state index contributed by atoms with van der Waals surface area (Å²) in [6.07, 6.45) is 6.52. The van der Waals surface area contributed by atoms with Gasteiger partial charge in [0.1, 0.15) is 0 Å². The summed E-state index contributed by atoms with van der Waals surface area (Å²) in [4.78, 5) is 7.36. The summed E-state index contributed by atoms with van der Waals surface area (Å²) in [5.41, 5.74) is 5.77. The zero-order chi connectivity index (χ0) is 17.5. The Kier molecular flexibility index (Phi) is 6.37. The van der Waals surface area contributed by atoms with E-state index in [-0.39, 0.29) is 6.61 Å². The smallest absolute Gasteiger partial charge is 0.0708 e. The van der Waals surface area contributed by atoms with Gasteiger partial charge in [-0.15, -0.1) is 0 Å². The Morgan fingerprint density at radius 2 is 1.88 bits per heavy atom. The number of aromatic nitrogens is 1. The van der Waals surface area contributed by atoms with Gasteiger partial charge in [0, 0.05) is 24.4 Å². The molecule has 1 aliphatic heterocycles. The van der Waals surface area contributed by atoms with Crippen molar-refractivity contribution >= 4 is 5.57 Å². The third kappa shape index (κ3) is 5.00. The summed E-state index contributed by atoms with van der Waals surface area (Å²) in [5, 5.41) is 9.07. The number of aliphatic hydroxyl groups is 1. The topological polar surface area (TPSA) is 36.4 Å². The first-order chi connectivity index (χ1) is 12.3. The molecule has 3 heteroatoms. The van der Waals surface area contributed by atoms with Crippen molar-refractivity contribution in [2.24, 2.45) is 0 Å². The molecule has 3 rings (SSSR count). The highest BCUT2D eigenvalue weighted by atomic mass is 16.2. The third-order valence-electron chi connectivity index (χ3n) is 4.79. The van der Waals surface area contributed by atoms with Gasteiger partial charge in [0.25, 0.3) is 0 Å². The molecule has 0 spiro atoms. The van der Waals surface area contributed by atoms with Gasteiger partial charge >= 0.3 is 0 Å². The zero-order valence-electron chi connectivity index (χ0n) is 15.1. The normalized spacial score (nSPS) is 15.7. The molecule has 3 nitrogen and oxygen atoms in total. The van der Waals surface area contributed by atoms with E-state index < -0.39 is 0 Å². The molecular weight excluding hydrogens is 308 g/mol. The Hall–Kier alpha value is -1.97. The molecule has 0 amide bonds. The van der Waals surface area contributed by atoms with Crippen molar-refractivity contribution in [3.05, 3.63) is 71.1 Å². The van der Waals surface area contributed by atoms with E-state index in [2.05, 4.69) is 54.3 Å². The van der Waals surface area contributed by atoms with Gasteiger partial charge in [-0.1, -0.05) is 42.0 Å². The minimum Gasteiger partial charge on any atom is -0.396 e. The van der Waals surface area contributed by atoms with E-state index in [0.29, 0.717) is 0 Å². The molecule has 1 fully saturated rings. The second kappa shape index (κ2) is 8.93. The summed E-state index contributed by atoms with van der Waals surface area (Å²) in [6.45, 7) is 5.70. The SMILES string of the molecule is Cc1ccc(C(=CCN2CCCC2)c2cccc(CCCO)n2)cc1. The van der Waals surface area contributed by atoms with E-state index >= 15 is 0 Å². The van der Waals surface area contributed by atoms with Crippen LogP contribution >= 0.6 is 0 Å². The molecule has 2 heterocycles. The molecule has 1 saturated heterocycles. The standard InChI is InChI=1S/C22H28N2O/c1-18-9-11-19(12-10-18)21(13-16-24-14-2-3-15-24)22-8-4-6-20(23-22)7-5-17-25/h4,6,8-13,25H,2-3,5,7,14-17H2,1H3. The number of likely N-dealkylation sites (tertiary alicyclic amines) is 1. The van der Waals surface area contributed by atoms with Crippen LogP contribution in [0.2, 0.25) is 0 Å². The van der Waals surface area contributed by atoms with E-state index in [1.807, 2.05) is 6.07 Å². The molecule has 0 atom stereocenters. The van der Waals surface area contributed by atoms with Crippen molar-refractivity contribution in [3.63, 3.8) is 0 Å². The molecule has 0 saturated carbocycles. The molecule has 25 heavy (non-hydrogen) atoms. The maximum atomic E-state index is 9.07. The quantitative estimate of drug-likeness (QED) is 0.834. The molecule has 0 bridgehead atoms. The highest BCUT2D eigenvalue weighted by Crippen LogP contribution is 2.23. The minimum absolute atomic E-state index is 0.210. The number of rotatable bonds is 7. The Morgan fingerprint density at radius 1 is 1.12 bits per heavy atom. The van der Waals surface area contributed by atoms with Gasteiger partial charge in [-0.2, -0.15) is 0 Å². The Labute approximate surface area is 151 Å². The summed E-state index contributed by atoms with van der Waals surface area (Å²) in [5.74, 6) is 0. The summed E-state index contributed by atoms with van der Waals surface area (Å²) < 4.78 is 0. The monoisotopic (exact) mass is 336 g/mol. The predicted molar refractivity (Wildman–Crippen MR) is 104 cm³/mol. The number of benzene rings is 1. The first-order valence-corrected chi connectivity index (χ1v) is 9.33. The highest BCUT2D eigenvalue weighted by molar-refractivity contribution is 5.78. The van der Waals surface area contributed by atoms with Crippen LogP contribution in [0.15, 0.2) is 48.5 Å². The number of aliphatic hydroxyl groups excluding tert-OH is 1. The van der Waals surface area contributed by atoms with Crippen LogP contribution < -0.4 is 0 Å². The van der Waals surface area contributed by atoms with Crippen molar-refractivity contribution in [3.8, 4) is 0 Å². The Bertz CT molecular complexity index is 700. The summed E-state index contributed by atoms with van der Waals surface area (Å²) in [6, 6.07) is 14.9. The van der Waals surface area contributed by atoms with Gasteiger partial charge in [0.15, 0.2) is 0 Å². The largest absolute Gasteiger partial charge is 0.396 e. The zero-order valence-corrected chi connectivity index (χ0v) is 15.1. The Balaban J connectivity index is 1.89. The Morgan fingerprint density at radius 3 is 2.60 bits per heavy atom. The van der Waals surface area contributed by atoms with Crippen LogP contribution in [0.4, 0.5) is 0 Å². The van der Waals surface area contributed by atoms with Crippen molar-refractivity contribution < 1.29 is 5.11 Å². The second-order valence-electron chi connectivity index (χ2n) is 6.83. The lowest BCUT2D eigenvalue weighted by Gasteiger charge is -2.14. The first-order valence-electron chi connectivity index (χ1n) is 9.33. The lowest BCUT2D eigenvalue weighted by molar-refractivity contribution is 0.288. The molecule has 1 N–H and O–H groups in total. The summed E-state index contributed by atoms with van der Waals surface area (Å²) >= 11 is 0. The molecule has 0 unspecified atom stereocenters. The molecule has 1 aromatic carbocycles. The number of hydrogen-bond acceptors (Lipinski definition) is 3. The highest BCUT2D eigenvalue weighted by Gasteiger charge is 2.12. The molecule has 1 aliphatic rings. The van der Waals surface area contributed by atoms with Gasteiger partial charge in [-0.3, -0.25) is 9.88 Å². The fourth-order valence-electron chi connectivity index (χ4n) is 3.32. The van der Waals surface area contributed by atoms with Gasteiger partial charge < -0.3 is 5.11 Å². The molecular formula is C22H28N2O. The van der Waals surface area contributed by atoms with Crippen molar-refractivity contribution in [1.29, 1.82) is 0 Å². The number of pyridine rings is 1. The van der Waals surface area contributed by atoms with Crippen LogP contribution in [0.1, 0.15) is 41.8 Å². The molecule has 132 valence electrons. The van der Waals surface area contributed by atoms with Gasteiger partial charge in [-0.05, 0) is 63.4 Å². The lowest BCUT2D eigenvalue weighted by Crippen LogP contribution is -2.19. The van der Waals surface area contributed by atoms with E-state index in [1.54, 1.807) is 0 Å². The van der Waals surface area contributed by atoms with Gasteiger partial charge in [0.2, 0.25) is 0 Å². The van der Waals surface area contributed by atoms with Crippen molar-refractivity contribution in [2.45, 2.75) is 32.6 Å². The maximum absolute atomic E-state index is 9.07. The first kappa shape index (κ1) is 17.8. The maximum Gasteiger partial charge on any atom is 0.0708 e. The van der Waals surface area contributed by atoms with Crippen molar-refractivity contribution in [1.82, 2.24) is 9.88 Å². The molecule has 0 radical (unpaired) electrons. The molecule has 2 aromatic rings. The van der Waals surface area contributed by atoms with Gasteiger partial charge in [-0.25, -0.2) is 0 Å². The van der Waals surface area contributed by atoms with Crippen LogP contribution in [-0.2, 0) is 6.42 Å². The predicted octanol–water partition coefficient (Wildman–Crippen LogP) is 3.84. The fraction of sp³-hybridized carbons (Fsp3) is 0.409. The van der Waals surface area contributed by atoms with E-state index in [4.69, 9.17) is 10.1 Å². The van der Waals surface area contributed by atoms with E-state index in [0.717, 1.165) is 30.8 Å². The molecule has 1 aromatic heterocycles. The second-order valence-corrected chi connectivity index (χ2v) is 6.83. The van der Waals surface area contributed by atoms with E-state index in [9.17, 15) is 0 Å². The van der Waals surface area contributed by atoms with Crippen LogP contribution in [0, 0.1) is 6.92 Å². The average Bonchev–Trinajstić information content (AvgIpc) is 3.15.